The number of hydrogen-bond acceptors (Lipinski definition) is 5. The van der Waals surface area contributed by atoms with Gasteiger partial charge in [-0.2, -0.15) is 0 Å². The summed E-state index contributed by atoms with van der Waals surface area (Å²) in [6, 6.07) is 11.2. The average Bonchev–Trinajstić information content (AvgIpc) is 3.33. The quantitative estimate of drug-likeness (QED) is 0.437. The summed E-state index contributed by atoms with van der Waals surface area (Å²) in [5.74, 6) is -0.540. The van der Waals surface area contributed by atoms with Crippen LogP contribution in [0.2, 0.25) is 5.02 Å². The number of ether oxygens (including phenoxy) is 1. The smallest absolute Gasteiger partial charge is 0.244 e. The molecule has 0 bridgehead atoms. The topological polar surface area (TPSA) is 96.0 Å². The van der Waals surface area contributed by atoms with Crippen LogP contribution in [0, 0.1) is 0 Å². The molecule has 196 valence electrons. The van der Waals surface area contributed by atoms with Gasteiger partial charge in [0.1, 0.15) is 18.3 Å². The maximum atomic E-state index is 13.7. The zero-order valence-corrected chi connectivity index (χ0v) is 23.7. The van der Waals surface area contributed by atoms with Crippen LogP contribution in [0.25, 0.3) is 0 Å². The van der Waals surface area contributed by atoms with Gasteiger partial charge in [-0.1, -0.05) is 52.5 Å². The van der Waals surface area contributed by atoms with Gasteiger partial charge in [-0.15, -0.1) is 0 Å². The number of anilines is 1. The Morgan fingerprint density at radius 2 is 1.81 bits per heavy atom. The molecule has 0 saturated heterocycles. The van der Waals surface area contributed by atoms with Crippen molar-refractivity contribution in [3.63, 3.8) is 0 Å². The molecule has 1 aliphatic carbocycles. The van der Waals surface area contributed by atoms with Crippen molar-refractivity contribution in [1.82, 2.24) is 10.2 Å². The molecule has 0 radical (unpaired) electrons. The number of rotatable bonds is 10. The summed E-state index contributed by atoms with van der Waals surface area (Å²) in [5.41, 5.74) is 0.950. The first-order valence-corrected chi connectivity index (χ1v) is 14.7. The van der Waals surface area contributed by atoms with Crippen molar-refractivity contribution in [3.05, 3.63) is 57.5 Å². The van der Waals surface area contributed by atoms with Crippen molar-refractivity contribution >= 4 is 55.1 Å². The van der Waals surface area contributed by atoms with E-state index in [1.54, 1.807) is 13.0 Å². The van der Waals surface area contributed by atoms with Gasteiger partial charge in [0.05, 0.1) is 19.1 Å². The molecule has 1 saturated carbocycles. The van der Waals surface area contributed by atoms with Crippen LogP contribution in [0.5, 0.6) is 5.75 Å². The van der Waals surface area contributed by atoms with E-state index in [2.05, 4.69) is 21.2 Å². The zero-order chi connectivity index (χ0) is 26.5. The number of carbonyl (C=O) groups excluding carboxylic acids is 2. The number of hydrogen-bond donors (Lipinski definition) is 1. The molecule has 0 aromatic heterocycles. The standard InChI is InChI=1S/C25H31BrClN3O5S/c1-17(25(32)28-21-6-4-5-7-21)29(15-18-8-10-19(26)11-9-18)24(31)16-30(36(3,33)34)22-14-20(27)12-13-23(22)35-2/h8-14,17,21H,4-7,15-16H2,1-3H3,(H,28,32)/t17-/m1/s1. The summed E-state index contributed by atoms with van der Waals surface area (Å²) in [7, 11) is -2.49. The van der Waals surface area contributed by atoms with Gasteiger partial charge in [-0.05, 0) is 55.7 Å². The third kappa shape index (κ3) is 7.36. The summed E-state index contributed by atoms with van der Waals surface area (Å²) >= 11 is 9.53. The van der Waals surface area contributed by atoms with Gasteiger partial charge >= 0.3 is 0 Å². The van der Waals surface area contributed by atoms with E-state index in [0.717, 1.165) is 46.3 Å². The Kier molecular flexibility index (Phi) is 9.66. The first-order chi connectivity index (χ1) is 17.0. The Bertz CT molecular complexity index is 1190. The molecule has 0 unspecified atom stereocenters. The molecule has 0 spiro atoms. The molecule has 36 heavy (non-hydrogen) atoms. The van der Waals surface area contributed by atoms with Crippen LogP contribution >= 0.6 is 27.5 Å². The highest BCUT2D eigenvalue weighted by Crippen LogP contribution is 2.33. The Morgan fingerprint density at radius 1 is 1.17 bits per heavy atom. The summed E-state index contributed by atoms with van der Waals surface area (Å²) in [4.78, 5) is 28.2. The van der Waals surface area contributed by atoms with Crippen LogP contribution in [0.3, 0.4) is 0 Å². The Hall–Kier alpha value is -2.30. The van der Waals surface area contributed by atoms with Crippen LogP contribution in [-0.4, -0.2) is 57.1 Å². The molecule has 3 rings (SSSR count). The largest absolute Gasteiger partial charge is 0.495 e. The minimum Gasteiger partial charge on any atom is -0.495 e. The second-order valence-electron chi connectivity index (χ2n) is 8.90. The number of methoxy groups -OCH3 is 1. The first kappa shape index (κ1) is 28.3. The lowest BCUT2D eigenvalue weighted by Crippen LogP contribution is -2.52. The van der Waals surface area contributed by atoms with E-state index >= 15 is 0 Å². The van der Waals surface area contributed by atoms with Crippen molar-refractivity contribution in [2.45, 2.75) is 51.2 Å². The van der Waals surface area contributed by atoms with Crippen LogP contribution in [0.1, 0.15) is 38.2 Å². The van der Waals surface area contributed by atoms with Crippen molar-refractivity contribution < 1.29 is 22.7 Å². The molecule has 2 aromatic carbocycles. The Balaban J connectivity index is 1.92. The lowest BCUT2D eigenvalue weighted by Gasteiger charge is -2.32. The van der Waals surface area contributed by atoms with E-state index in [1.165, 1.54) is 24.1 Å². The lowest BCUT2D eigenvalue weighted by molar-refractivity contribution is -0.139. The van der Waals surface area contributed by atoms with E-state index in [9.17, 15) is 18.0 Å². The molecule has 2 aromatic rings. The van der Waals surface area contributed by atoms with E-state index in [-0.39, 0.29) is 29.9 Å². The maximum Gasteiger partial charge on any atom is 0.244 e. The fourth-order valence-electron chi connectivity index (χ4n) is 4.21. The maximum absolute atomic E-state index is 13.7. The van der Waals surface area contributed by atoms with E-state index in [4.69, 9.17) is 16.3 Å². The molecule has 1 atom stereocenters. The Labute approximate surface area is 226 Å². The highest BCUT2D eigenvalue weighted by atomic mass is 79.9. The molecule has 11 heteroatoms. The van der Waals surface area contributed by atoms with Crippen molar-refractivity contribution in [1.29, 1.82) is 0 Å². The monoisotopic (exact) mass is 599 g/mol. The normalized spacial score (nSPS) is 14.8. The third-order valence-electron chi connectivity index (χ3n) is 6.22. The molecule has 0 heterocycles. The number of benzene rings is 2. The first-order valence-electron chi connectivity index (χ1n) is 11.6. The van der Waals surface area contributed by atoms with Gasteiger partial charge in [0.15, 0.2) is 0 Å². The number of sulfonamides is 1. The molecule has 0 aliphatic heterocycles. The van der Waals surface area contributed by atoms with Crippen LogP contribution < -0.4 is 14.4 Å². The zero-order valence-electron chi connectivity index (χ0n) is 20.5. The second kappa shape index (κ2) is 12.3. The van der Waals surface area contributed by atoms with Crippen molar-refractivity contribution in [2.24, 2.45) is 0 Å². The van der Waals surface area contributed by atoms with Gasteiger partial charge in [-0.25, -0.2) is 8.42 Å². The second-order valence-corrected chi connectivity index (χ2v) is 12.2. The molecule has 1 N–H and O–H groups in total. The third-order valence-corrected chi connectivity index (χ3v) is 8.11. The van der Waals surface area contributed by atoms with Gasteiger partial charge in [0.2, 0.25) is 21.8 Å². The van der Waals surface area contributed by atoms with Gasteiger partial charge in [-0.3, -0.25) is 13.9 Å². The molecule has 1 aliphatic rings. The van der Waals surface area contributed by atoms with Crippen LogP contribution in [0.15, 0.2) is 46.9 Å². The molecule has 1 fully saturated rings. The Morgan fingerprint density at radius 3 is 2.39 bits per heavy atom. The fraction of sp³-hybridized carbons (Fsp3) is 0.440. The molecular formula is C25H31BrClN3O5S. The number of carbonyl (C=O) groups is 2. The van der Waals surface area contributed by atoms with E-state index < -0.39 is 28.5 Å². The predicted molar refractivity (Wildman–Crippen MR) is 145 cm³/mol. The summed E-state index contributed by atoms with van der Waals surface area (Å²) in [6.45, 7) is 1.27. The highest BCUT2D eigenvalue weighted by Gasteiger charge is 2.32. The average molecular weight is 601 g/mol. The molecule has 8 nitrogen and oxygen atoms in total. The number of halogens is 2. The molecule has 2 amide bonds. The summed E-state index contributed by atoms with van der Waals surface area (Å²) in [5, 5.41) is 3.33. The number of amides is 2. The van der Waals surface area contributed by atoms with Crippen LogP contribution in [-0.2, 0) is 26.2 Å². The van der Waals surface area contributed by atoms with Gasteiger partial charge < -0.3 is 15.0 Å². The SMILES string of the molecule is COc1ccc(Cl)cc1N(CC(=O)N(Cc1ccc(Br)cc1)[C@H](C)C(=O)NC1CCCC1)S(C)(=O)=O. The van der Waals surface area contributed by atoms with Gasteiger partial charge in [0.25, 0.3) is 0 Å². The van der Waals surface area contributed by atoms with Gasteiger partial charge in [0, 0.05) is 22.1 Å². The summed E-state index contributed by atoms with van der Waals surface area (Å²) < 4.78 is 32.7. The van der Waals surface area contributed by atoms with E-state index in [1.807, 2.05) is 24.3 Å². The predicted octanol–water partition coefficient (Wildman–Crippen LogP) is 4.35. The lowest BCUT2D eigenvalue weighted by atomic mass is 10.1. The highest BCUT2D eigenvalue weighted by molar-refractivity contribution is 9.10. The number of nitrogens with one attached hydrogen (secondary N) is 1. The minimum atomic E-state index is -3.90. The minimum absolute atomic E-state index is 0.0906. The van der Waals surface area contributed by atoms with Crippen molar-refractivity contribution in [2.75, 3.05) is 24.2 Å². The number of nitrogens with zero attached hydrogens (tertiary/aromatic N) is 2. The molecular weight excluding hydrogens is 570 g/mol. The van der Waals surface area contributed by atoms with E-state index in [0.29, 0.717) is 5.02 Å². The van der Waals surface area contributed by atoms with Crippen molar-refractivity contribution in [3.8, 4) is 5.75 Å². The van der Waals surface area contributed by atoms with Crippen LogP contribution in [0.4, 0.5) is 5.69 Å². The fourth-order valence-corrected chi connectivity index (χ4v) is 5.49. The summed E-state index contributed by atoms with van der Waals surface area (Å²) in [6.07, 6.45) is 4.96.